The number of hydrogen-bond acceptors (Lipinski definition) is 7. The number of halogens is 2. The first-order valence-corrected chi connectivity index (χ1v) is 11.1. The van der Waals surface area contributed by atoms with Crippen LogP contribution in [-0.2, 0) is 4.74 Å². The number of carbonyl (C=O) groups is 1. The van der Waals surface area contributed by atoms with Crippen LogP contribution < -0.4 is 9.64 Å². The topological polar surface area (TPSA) is 77.4 Å². The molecule has 0 atom stereocenters. The number of methoxy groups -OCH3 is 1. The lowest BCUT2D eigenvalue weighted by molar-refractivity contribution is 0.0600. The standard InChI is InChI=1S/C23H22Cl2N4O3/c1-31-22(30)16-10-20(15-8-17(24)12-18(25)9-15)28-21(11-16)32-19-13-26-23(27-14-19)29-6-4-2-3-5-7-29/h8-14H,2-7H2,1H3. The molecule has 4 rings (SSSR count). The van der Waals surface area contributed by atoms with E-state index in [-0.39, 0.29) is 11.4 Å². The zero-order valence-electron chi connectivity index (χ0n) is 17.6. The van der Waals surface area contributed by atoms with Crippen molar-refractivity contribution in [2.24, 2.45) is 0 Å². The number of rotatable bonds is 5. The fourth-order valence-corrected chi connectivity index (χ4v) is 4.09. The van der Waals surface area contributed by atoms with Crippen LogP contribution in [0.4, 0.5) is 5.95 Å². The normalized spacial score (nSPS) is 14.0. The maximum absolute atomic E-state index is 12.2. The summed E-state index contributed by atoms with van der Waals surface area (Å²) in [7, 11) is 1.31. The molecule has 0 saturated carbocycles. The van der Waals surface area contributed by atoms with Gasteiger partial charge in [-0.15, -0.1) is 0 Å². The van der Waals surface area contributed by atoms with Gasteiger partial charge >= 0.3 is 5.97 Å². The second-order valence-electron chi connectivity index (χ2n) is 7.45. The van der Waals surface area contributed by atoms with E-state index >= 15 is 0 Å². The Kier molecular flexibility index (Phi) is 7.07. The molecular formula is C23H22Cl2N4O3. The van der Waals surface area contributed by atoms with E-state index in [1.807, 2.05) is 0 Å². The van der Waals surface area contributed by atoms with Gasteiger partial charge in [-0.25, -0.2) is 19.7 Å². The van der Waals surface area contributed by atoms with Gasteiger partial charge in [0.15, 0.2) is 5.75 Å². The van der Waals surface area contributed by atoms with Gasteiger partial charge in [0.2, 0.25) is 11.8 Å². The van der Waals surface area contributed by atoms with Crippen LogP contribution in [0.2, 0.25) is 10.0 Å². The van der Waals surface area contributed by atoms with Crippen molar-refractivity contribution in [1.82, 2.24) is 15.0 Å². The first-order chi connectivity index (χ1) is 15.5. The highest BCUT2D eigenvalue weighted by molar-refractivity contribution is 6.35. The smallest absolute Gasteiger partial charge is 0.338 e. The maximum Gasteiger partial charge on any atom is 0.338 e. The predicted octanol–water partition coefficient (Wildman–Crippen LogP) is 5.80. The third kappa shape index (κ3) is 5.47. The monoisotopic (exact) mass is 472 g/mol. The van der Waals surface area contributed by atoms with Crippen LogP contribution in [0.25, 0.3) is 11.3 Å². The van der Waals surface area contributed by atoms with E-state index < -0.39 is 5.97 Å². The molecule has 9 heteroatoms. The van der Waals surface area contributed by atoms with E-state index in [1.54, 1.807) is 36.7 Å². The Morgan fingerprint density at radius 3 is 2.22 bits per heavy atom. The fraction of sp³-hybridized carbons (Fsp3) is 0.304. The van der Waals surface area contributed by atoms with Crippen molar-refractivity contribution in [3.8, 4) is 22.9 Å². The van der Waals surface area contributed by atoms with Gasteiger partial charge in [0, 0.05) is 34.8 Å². The lowest BCUT2D eigenvalue weighted by Crippen LogP contribution is -2.25. The number of carbonyl (C=O) groups excluding carboxylic acids is 1. The van der Waals surface area contributed by atoms with E-state index in [2.05, 4.69) is 19.9 Å². The molecule has 0 aliphatic carbocycles. The molecule has 7 nitrogen and oxygen atoms in total. The van der Waals surface area contributed by atoms with Gasteiger partial charge in [-0.2, -0.15) is 0 Å². The molecule has 0 bridgehead atoms. The van der Waals surface area contributed by atoms with Gasteiger partial charge in [0.05, 0.1) is 30.8 Å². The first kappa shape index (κ1) is 22.3. The largest absolute Gasteiger partial charge is 0.465 e. The van der Waals surface area contributed by atoms with E-state index in [0.29, 0.717) is 33.0 Å². The van der Waals surface area contributed by atoms with Crippen LogP contribution in [0.15, 0.2) is 42.7 Å². The summed E-state index contributed by atoms with van der Waals surface area (Å²) in [5, 5.41) is 0.912. The zero-order chi connectivity index (χ0) is 22.5. The Hall–Kier alpha value is -2.90. The molecule has 1 aliphatic heterocycles. The second-order valence-corrected chi connectivity index (χ2v) is 8.32. The van der Waals surface area contributed by atoms with Crippen LogP contribution in [0.5, 0.6) is 11.6 Å². The van der Waals surface area contributed by atoms with Crippen LogP contribution in [0.1, 0.15) is 36.0 Å². The Morgan fingerprint density at radius 2 is 1.59 bits per heavy atom. The average Bonchev–Trinajstić information content (AvgIpc) is 3.08. The molecule has 1 aliphatic rings. The number of aromatic nitrogens is 3. The first-order valence-electron chi connectivity index (χ1n) is 10.3. The third-order valence-corrected chi connectivity index (χ3v) is 5.54. The highest BCUT2D eigenvalue weighted by Gasteiger charge is 2.15. The third-order valence-electron chi connectivity index (χ3n) is 5.11. The number of ether oxygens (including phenoxy) is 2. The van der Waals surface area contributed by atoms with Crippen molar-refractivity contribution in [3.63, 3.8) is 0 Å². The molecule has 32 heavy (non-hydrogen) atoms. The summed E-state index contributed by atoms with van der Waals surface area (Å²) in [6.07, 6.45) is 7.97. The van der Waals surface area contributed by atoms with Gasteiger partial charge in [-0.3, -0.25) is 0 Å². The molecule has 1 aromatic carbocycles. The number of nitrogens with zero attached hydrogens (tertiary/aromatic N) is 4. The SMILES string of the molecule is COC(=O)c1cc(Oc2cnc(N3CCCCCC3)nc2)nc(-c2cc(Cl)cc(Cl)c2)c1. The molecule has 0 spiro atoms. The molecule has 1 fully saturated rings. The van der Waals surface area contributed by atoms with E-state index in [0.717, 1.165) is 25.9 Å². The summed E-state index contributed by atoms with van der Waals surface area (Å²) in [4.78, 5) is 27.8. The van der Waals surface area contributed by atoms with Crippen molar-refractivity contribution >= 4 is 35.1 Å². The van der Waals surface area contributed by atoms with E-state index in [4.69, 9.17) is 32.7 Å². The second kappa shape index (κ2) is 10.1. The number of anilines is 1. The molecule has 3 heterocycles. The average molecular weight is 473 g/mol. The Balaban J connectivity index is 1.61. The minimum atomic E-state index is -0.514. The van der Waals surface area contributed by atoms with E-state index in [1.165, 1.54) is 26.0 Å². The summed E-state index contributed by atoms with van der Waals surface area (Å²) < 4.78 is 10.7. The van der Waals surface area contributed by atoms with E-state index in [9.17, 15) is 4.79 Å². The molecule has 3 aromatic rings. The van der Waals surface area contributed by atoms with Crippen molar-refractivity contribution in [1.29, 1.82) is 0 Å². The Bertz CT molecular complexity index is 1080. The summed E-state index contributed by atoms with van der Waals surface area (Å²) in [5.41, 5.74) is 1.39. The summed E-state index contributed by atoms with van der Waals surface area (Å²) in [6, 6.07) is 8.14. The van der Waals surface area contributed by atoms with Gasteiger partial charge in [0.25, 0.3) is 0 Å². The van der Waals surface area contributed by atoms with Crippen molar-refractivity contribution < 1.29 is 14.3 Å². The summed E-state index contributed by atoms with van der Waals surface area (Å²) in [6.45, 7) is 1.91. The molecule has 0 radical (unpaired) electrons. The van der Waals surface area contributed by atoms with Crippen molar-refractivity contribution in [3.05, 3.63) is 58.3 Å². The van der Waals surface area contributed by atoms with Crippen LogP contribution in [0.3, 0.4) is 0 Å². The van der Waals surface area contributed by atoms with Gasteiger partial charge in [-0.05, 0) is 37.1 Å². The van der Waals surface area contributed by atoms with Crippen LogP contribution in [0, 0.1) is 0 Å². The minimum Gasteiger partial charge on any atom is -0.465 e. The highest BCUT2D eigenvalue weighted by Crippen LogP contribution is 2.30. The Labute approximate surface area is 196 Å². The highest BCUT2D eigenvalue weighted by atomic mass is 35.5. The molecule has 0 unspecified atom stereocenters. The minimum absolute atomic E-state index is 0.199. The number of hydrogen-bond donors (Lipinski definition) is 0. The van der Waals surface area contributed by atoms with Crippen LogP contribution >= 0.6 is 23.2 Å². The Morgan fingerprint density at radius 1 is 0.938 bits per heavy atom. The predicted molar refractivity (Wildman–Crippen MR) is 124 cm³/mol. The van der Waals surface area contributed by atoms with Gasteiger partial charge < -0.3 is 14.4 Å². The zero-order valence-corrected chi connectivity index (χ0v) is 19.1. The molecular weight excluding hydrogens is 451 g/mol. The van der Waals surface area contributed by atoms with Crippen LogP contribution in [-0.4, -0.2) is 41.1 Å². The molecule has 0 amide bonds. The van der Waals surface area contributed by atoms with Gasteiger partial charge in [0.1, 0.15) is 0 Å². The molecule has 2 aromatic heterocycles. The molecule has 1 saturated heterocycles. The molecule has 166 valence electrons. The lowest BCUT2D eigenvalue weighted by atomic mass is 10.1. The number of pyridine rings is 1. The number of benzene rings is 1. The van der Waals surface area contributed by atoms with Gasteiger partial charge in [-0.1, -0.05) is 36.0 Å². The molecule has 0 N–H and O–H groups in total. The maximum atomic E-state index is 12.2. The summed E-state index contributed by atoms with van der Waals surface area (Å²) >= 11 is 12.3. The number of esters is 1. The lowest BCUT2D eigenvalue weighted by Gasteiger charge is -2.19. The fourth-order valence-electron chi connectivity index (χ4n) is 3.56. The van der Waals surface area contributed by atoms with Crippen molar-refractivity contribution in [2.45, 2.75) is 25.7 Å². The summed E-state index contributed by atoms with van der Waals surface area (Å²) in [5.74, 6) is 0.780. The quantitative estimate of drug-likeness (QED) is 0.433. The van der Waals surface area contributed by atoms with Crippen molar-refractivity contribution in [2.75, 3.05) is 25.1 Å².